The van der Waals surface area contributed by atoms with E-state index in [0.717, 1.165) is 0 Å². The molecule has 1 aromatic carbocycles. The van der Waals surface area contributed by atoms with Crippen molar-refractivity contribution in [2.75, 3.05) is 0 Å². The van der Waals surface area contributed by atoms with Gasteiger partial charge in [0, 0.05) is 17.5 Å². The van der Waals surface area contributed by atoms with Gasteiger partial charge in [-0.15, -0.1) is 0 Å². The minimum Gasteiger partial charge on any atom is -0.481 e. The predicted molar refractivity (Wildman–Crippen MR) is 78.2 cm³/mol. The number of hydrogen-bond acceptors (Lipinski definition) is 4. The molecule has 0 bridgehead atoms. The van der Waals surface area contributed by atoms with Gasteiger partial charge >= 0.3 is 5.97 Å². The lowest BCUT2D eigenvalue weighted by atomic mass is 9.93. The molecule has 0 radical (unpaired) electrons. The molecule has 2 aromatic rings. The molecule has 1 N–H and O–H groups in total. The van der Waals surface area contributed by atoms with Crippen LogP contribution in [0.1, 0.15) is 31.9 Å². The lowest BCUT2D eigenvalue weighted by Gasteiger charge is -2.14. The Bertz CT molecular complexity index is 697. The molecule has 0 aliphatic rings. The van der Waals surface area contributed by atoms with Crippen molar-refractivity contribution in [3.05, 3.63) is 46.1 Å². The number of carboxylic acids is 1. The van der Waals surface area contributed by atoms with Gasteiger partial charge < -0.3 is 5.11 Å². The Morgan fingerprint density at radius 2 is 2.05 bits per heavy atom. The van der Waals surface area contributed by atoms with Gasteiger partial charge in [-0.05, 0) is 24.5 Å². The molecule has 0 aliphatic carbocycles. The molecule has 0 spiro atoms. The first kappa shape index (κ1) is 14.9. The summed E-state index contributed by atoms with van der Waals surface area (Å²) in [6, 6.07) is 7.67. The summed E-state index contributed by atoms with van der Waals surface area (Å²) in [4.78, 5) is 26.0. The molecule has 0 saturated carbocycles. The fraction of sp³-hybridized carbons (Fsp3) is 0.333. The monoisotopic (exact) mass is 288 g/mol. The van der Waals surface area contributed by atoms with Crippen LogP contribution in [0.2, 0.25) is 0 Å². The fourth-order valence-corrected chi connectivity index (χ4v) is 2.26. The second-order valence-electron chi connectivity index (χ2n) is 5.39. The van der Waals surface area contributed by atoms with Crippen LogP contribution in [0.4, 0.5) is 5.69 Å². The van der Waals surface area contributed by atoms with Crippen LogP contribution in [0.25, 0.3) is 10.9 Å². The third-order valence-corrected chi connectivity index (χ3v) is 3.27. The lowest BCUT2D eigenvalue weighted by Crippen LogP contribution is -2.15. The highest BCUT2D eigenvalue weighted by Crippen LogP contribution is 2.26. The number of carboxylic acid groups (broad SMARTS) is 1. The number of aromatic nitrogens is 1. The summed E-state index contributed by atoms with van der Waals surface area (Å²) in [6.07, 6.45) is 0.501. The number of non-ortho nitro benzene ring substituents is 1. The van der Waals surface area contributed by atoms with Gasteiger partial charge in [0.2, 0.25) is 0 Å². The van der Waals surface area contributed by atoms with E-state index in [2.05, 4.69) is 4.98 Å². The second kappa shape index (κ2) is 5.87. The molecule has 1 atom stereocenters. The smallest absolute Gasteiger partial charge is 0.312 e. The van der Waals surface area contributed by atoms with Crippen molar-refractivity contribution in [3.8, 4) is 0 Å². The first-order valence-corrected chi connectivity index (χ1v) is 6.66. The Hall–Kier alpha value is -2.50. The van der Waals surface area contributed by atoms with Gasteiger partial charge in [-0.25, -0.2) is 0 Å². The summed E-state index contributed by atoms with van der Waals surface area (Å²) in [6.45, 7) is 3.92. The number of carbonyl (C=O) groups is 1. The minimum atomic E-state index is -0.905. The third-order valence-electron chi connectivity index (χ3n) is 3.27. The molecule has 110 valence electrons. The van der Waals surface area contributed by atoms with Crippen molar-refractivity contribution in [2.24, 2.45) is 5.92 Å². The Labute approximate surface area is 121 Å². The zero-order valence-electron chi connectivity index (χ0n) is 11.8. The van der Waals surface area contributed by atoms with Crippen molar-refractivity contribution >= 4 is 22.6 Å². The van der Waals surface area contributed by atoms with E-state index in [1.807, 2.05) is 13.8 Å². The molecule has 0 amide bonds. The largest absolute Gasteiger partial charge is 0.481 e. The van der Waals surface area contributed by atoms with Gasteiger partial charge in [0.1, 0.15) is 0 Å². The zero-order chi connectivity index (χ0) is 15.6. The molecule has 0 fully saturated rings. The number of hydrogen-bond donors (Lipinski definition) is 1. The summed E-state index contributed by atoms with van der Waals surface area (Å²) in [5, 5.41) is 20.7. The quantitative estimate of drug-likeness (QED) is 0.672. The van der Waals surface area contributed by atoms with Gasteiger partial charge in [-0.1, -0.05) is 19.9 Å². The van der Waals surface area contributed by atoms with Crippen molar-refractivity contribution in [2.45, 2.75) is 26.2 Å². The molecule has 1 aromatic heterocycles. The van der Waals surface area contributed by atoms with E-state index in [1.54, 1.807) is 18.2 Å². The highest BCUT2D eigenvalue weighted by Gasteiger charge is 2.22. The summed E-state index contributed by atoms with van der Waals surface area (Å²) in [5.74, 6) is -1.33. The number of nitro groups is 1. The van der Waals surface area contributed by atoms with E-state index < -0.39 is 16.8 Å². The number of fused-ring (bicyclic) bond motifs is 1. The highest BCUT2D eigenvalue weighted by atomic mass is 16.6. The topological polar surface area (TPSA) is 93.3 Å². The summed E-state index contributed by atoms with van der Waals surface area (Å²) in [5.41, 5.74) is 1.04. The molecular weight excluding hydrogens is 272 g/mol. The SMILES string of the molecule is CC(C)CC(C(=O)O)c1ccc2cc([N+](=O)[O-])ccc2n1. The Morgan fingerprint density at radius 3 is 2.62 bits per heavy atom. The van der Waals surface area contributed by atoms with Crippen LogP contribution in [0.3, 0.4) is 0 Å². The van der Waals surface area contributed by atoms with E-state index in [-0.39, 0.29) is 11.6 Å². The van der Waals surface area contributed by atoms with E-state index in [1.165, 1.54) is 12.1 Å². The minimum absolute atomic E-state index is 0.00554. The van der Waals surface area contributed by atoms with Crippen LogP contribution in [0, 0.1) is 16.0 Å². The van der Waals surface area contributed by atoms with Crippen molar-refractivity contribution in [1.29, 1.82) is 0 Å². The number of nitro benzene ring substituents is 1. The maximum Gasteiger partial charge on any atom is 0.312 e. The van der Waals surface area contributed by atoms with E-state index in [9.17, 15) is 20.0 Å². The van der Waals surface area contributed by atoms with E-state index in [0.29, 0.717) is 23.0 Å². The van der Waals surface area contributed by atoms with Crippen LogP contribution in [-0.4, -0.2) is 21.0 Å². The predicted octanol–water partition coefficient (Wildman–Crippen LogP) is 3.36. The van der Waals surface area contributed by atoms with E-state index >= 15 is 0 Å². The maximum absolute atomic E-state index is 11.4. The van der Waals surface area contributed by atoms with Crippen LogP contribution in [-0.2, 0) is 4.79 Å². The number of rotatable bonds is 5. The number of aliphatic carboxylic acids is 1. The normalized spacial score (nSPS) is 12.5. The molecule has 6 heteroatoms. The van der Waals surface area contributed by atoms with Gasteiger partial charge in [0.15, 0.2) is 0 Å². The van der Waals surface area contributed by atoms with Crippen molar-refractivity contribution in [3.63, 3.8) is 0 Å². The van der Waals surface area contributed by atoms with Crippen LogP contribution >= 0.6 is 0 Å². The van der Waals surface area contributed by atoms with Gasteiger partial charge in [-0.3, -0.25) is 19.9 Å². The zero-order valence-corrected chi connectivity index (χ0v) is 11.8. The summed E-state index contributed by atoms with van der Waals surface area (Å²) >= 11 is 0. The standard InChI is InChI=1S/C15H16N2O4/c1-9(2)7-12(15(18)19)14-5-3-10-8-11(17(20)21)4-6-13(10)16-14/h3-6,8-9,12H,7H2,1-2H3,(H,18,19). The maximum atomic E-state index is 11.4. The summed E-state index contributed by atoms with van der Waals surface area (Å²) in [7, 11) is 0. The van der Waals surface area contributed by atoms with Crippen LogP contribution in [0.15, 0.2) is 30.3 Å². The Morgan fingerprint density at radius 1 is 1.33 bits per heavy atom. The van der Waals surface area contributed by atoms with Crippen molar-refractivity contribution in [1.82, 2.24) is 4.98 Å². The molecule has 1 unspecified atom stereocenters. The Balaban J connectivity index is 2.44. The molecule has 0 aliphatic heterocycles. The highest BCUT2D eigenvalue weighted by molar-refractivity contribution is 5.82. The lowest BCUT2D eigenvalue weighted by molar-refractivity contribution is -0.384. The fourth-order valence-electron chi connectivity index (χ4n) is 2.26. The summed E-state index contributed by atoms with van der Waals surface area (Å²) < 4.78 is 0. The third kappa shape index (κ3) is 3.34. The van der Waals surface area contributed by atoms with Crippen LogP contribution < -0.4 is 0 Å². The van der Waals surface area contributed by atoms with Gasteiger partial charge in [0.25, 0.3) is 5.69 Å². The average molecular weight is 288 g/mol. The average Bonchev–Trinajstić information content (AvgIpc) is 2.43. The van der Waals surface area contributed by atoms with Crippen molar-refractivity contribution < 1.29 is 14.8 Å². The molecule has 6 nitrogen and oxygen atoms in total. The Kier molecular flexibility index (Phi) is 4.16. The first-order chi connectivity index (χ1) is 9.88. The van der Waals surface area contributed by atoms with E-state index in [4.69, 9.17) is 0 Å². The van der Waals surface area contributed by atoms with Gasteiger partial charge in [-0.2, -0.15) is 0 Å². The number of pyridine rings is 1. The first-order valence-electron chi connectivity index (χ1n) is 6.66. The second-order valence-corrected chi connectivity index (χ2v) is 5.39. The molecule has 1 heterocycles. The molecular formula is C15H16N2O4. The molecule has 21 heavy (non-hydrogen) atoms. The van der Waals surface area contributed by atoms with Gasteiger partial charge in [0.05, 0.1) is 22.1 Å². The number of nitrogens with zero attached hydrogens (tertiary/aromatic N) is 2. The molecule has 2 rings (SSSR count). The van der Waals surface area contributed by atoms with Crippen LogP contribution in [0.5, 0.6) is 0 Å². The number of benzene rings is 1. The molecule has 0 saturated heterocycles.